The summed E-state index contributed by atoms with van der Waals surface area (Å²) in [5.41, 5.74) is 1.50. The molecule has 2 saturated heterocycles. The highest BCUT2D eigenvalue weighted by molar-refractivity contribution is 5.92. The molecule has 1 amide bonds. The maximum atomic E-state index is 13.9. The van der Waals surface area contributed by atoms with Gasteiger partial charge in [0, 0.05) is 43.9 Å². The van der Waals surface area contributed by atoms with E-state index in [0.29, 0.717) is 5.69 Å². The van der Waals surface area contributed by atoms with E-state index >= 15 is 0 Å². The Morgan fingerprint density at radius 3 is 2.60 bits per heavy atom. The number of anilines is 3. The molecule has 0 aliphatic carbocycles. The van der Waals surface area contributed by atoms with Gasteiger partial charge in [-0.3, -0.25) is 4.79 Å². The van der Waals surface area contributed by atoms with Gasteiger partial charge in [-0.05, 0) is 44.2 Å². The quantitative estimate of drug-likeness (QED) is 0.809. The second-order valence-corrected chi connectivity index (χ2v) is 7.88. The van der Waals surface area contributed by atoms with Gasteiger partial charge < -0.3 is 19.9 Å². The van der Waals surface area contributed by atoms with Crippen LogP contribution in [0.1, 0.15) is 32.1 Å². The predicted molar refractivity (Wildman–Crippen MR) is 115 cm³/mol. The van der Waals surface area contributed by atoms with Crippen LogP contribution in [-0.4, -0.2) is 49.2 Å². The van der Waals surface area contributed by atoms with Crippen molar-refractivity contribution in [3.8, 4) is 5.75 Å². The molecule has 1 N–H and O–H groups in total. The number of amides is 1. The summed E-state index contributed by atoms with van der Waals surface area (Å²) < 4.78 is 18.8. The number of carbonyl (C=O) groups excluding carboxylic acids is 1. The summed E-state index contributed by atoms with van der Waals surface area (Å²) in [4.78, 5) is 26.1. The van der Waals surface area contributed by atoms with E-state index in [1.807, 2.05) is 6.20 Å². The second-order valence-electron chi connectivity index (χ2n) is 7.88. The minimum Gasteiger partial charge on any atom is -0.494 e. The molecule has 0 unspecified atom stereocenters. The number of hydrogen-bond donors (Lipinski definition) is 1. The first-order chi connectivity index (χ1) is 14.7. The maximum Gasteiger partial charge on any atom is 0.227 e. The first kappa shape index (κ1) is 20.4. The molecule has 2 aliphatic heterocycles. The van der Waals surface area contributed by atoms with Crippen molar-refractivity contribution in [3.63, 3.8) is 0 Å². The minimum absolute atomic E-state index is 0.0696. The molecule has 8 heteroatoms. The highest BCUT2D eigenvalue weighted by Gasteiger charge is 2.28. The van der Waals surface area contributed by atoms with Crippen LogP contribution in [0.4, 0.5) is 21.6 Å². The number of nitrogens with zero attached hydrogens (tertiary/aromatic N) is 4. The van der Waals surface area contributed by atoms with Crippen molar-refractivity contribution in [2.45, 2.75) is 32.1 Å². The molecule has 0 saturated carbocycles. The van der Waals surface area contributed by atoms with E-state index in [0.717, 1.165) is 50.5 Å². The number of aromatic nitrogens is 2. The highest BCUT2D eigenvalue weighted by atomic mass is 19.1. The summed E-state index contributed by atoms with van der Waals surface area (Å²) in [6.45, 7) is 3.59. The standard InChI is InChI=1S/C22H28FN5O2/c1-30-20-6-5-17(13-18(20)23)26-22(29)16-7-11-27(12-8-16)19-14-24-15-25-21(19)28-9-3-2-4-10-28/h5-6,13-16H,2-4,7-12H2,1H3,(H,26,29). The Kier molecular flexibility index (Phi) is 6.30. The highest BCUT2D eigenvalue weighted by Crippen LogP contribution is 2.32. The number of rotatable bonds is 5. The number of nitrogens with one attached hydrogen (secondary N) is 1. The monoisotopic (exact) mass is 413 g/mol. The molecule has 2 aromatic rings. The SMILES string of the molecule is COc1ccc(NC(=O)C2CCN(c3cncnc3N3CCCCC3)CC2)cc1F. The van der Waals surface area contributed by atoms with Crippen molar-refractivity contribution in [2.24, 2.45) is 5.92 Å². The summed E-state index contributed by atoms with van der Waals surface area (Å²) in [7, 11) is 1.42. The van der Waals surface area contributed by atoms with Crippen molar-refractivity contribution in [1.82, 2.24) is 9.97 Å². The fourth-order valence-electron chi connectivity index (χ4n) is 4.26. The zero-order valence-corrected chi connectivity index (χ0v) is 17.3. The smallest absolute Gasteiger partial charge is 0.227 e. The molecule has 0 spiro atoms. The van der Waals surface area contributed by atoms with Crippen LogP contribution in [0.2, 0.25) is 0 Å². The molecule has 2 aliphatic rings. The predicted octanol–water partition coefficient (Wildman–Crippen LogP) is 3.47. The fourth-order valence-corrected chi connectivity index (χ4v) is 4.26. The number of ether oxygens (including phenoxy) is 1. The van der Waals surface area contributed by atoms with Crippen molar-refractivity contribution in [2.75, 3.05) is 48.4 Å². The van der Waals surface area contributed by atoms with Crippen LogP contribution in [0.25, 0.3) is 0 Å². The number of piperidine rings is 2. The van der Waals surface area contributed by atoms with Crippen LogP contribution < -0.4 is 19.9 Å². The van der Waals surface area contributed by atoms with Crippen molar-refractivity contribution >= 4 is 23.1 Å². The third-order valence-corrected chi connectivity index (χ3v) is 5.95. The summed E-state index contributed by atoms with van der Waals surface area (Å²) in [6, 6.07) is 4.46. The average molecular weight is 413 g/mol. The van der Waals surface area contributed by atoms with Crippen LogP contribution in [0.5, 0.6) is 5.75 Å². The van der Waals surface area contributed by atoms with E-state index in [4.69, 9.17) is 4.74 Å². The third kappa shape index (κ3) is 4.47. The largest absolute Gasteiger partial charge is 0.494 e. The summed E-state index contributed by atoms with van der Waals surface area (Å²) in [5, 5.41) is 2.84. The lowest BCUT2D eigenvalue weighted by Gasteiger charge is -2.36. The van der Waals surface area contributed by atoms with Crippen molar-refractivity contribution in [3.05, 3.63) is 36.5 Å². The van der Waals surface area contributed by atoms with Gasteiger partial charge in [0.25, 0.3) is 0 Å². The van der Waals surface area contributed by atoms with E-state index in [1.165, 1.54) is 38.5 Å². The Bertz CT molecular complexity index is 880. The van der Waals surface area contributed by atoms with Gasteiger partial charge in [0.1, 0.15) is 6.33 Å². The number of hydrogen-bond acceptors (Lipinski definition) is 6. The van der Waals surface area contributed by atoms with Gasteiger partial charge in [-0.1, -0.05) is 0 Å². The molecular formula is C22H28FN5O2. The molecule has 160 valence electrons. The molecule has 0 bridgehead atoms. The molecule has 1 aromatic carbocycles. The van der Waals surface area contributed by atoms with Gasteiger partial charge in [-0.25, -0.2) is 14.4 Å². The maximum absolute atomic E-state index is 13.9. The molecule has 0 radical (unpaired) electrons. The van der Waals surface area contributed by atoms with Crippen LogP contribution in [0.3, 0.4) is 0 Å². The first-order valence-corrected chi connectivity index (χ1v) is 10.6. The fraction of sp³-hybridized carbons (Fsp3) is 0.500. The van der Waals surface area contributed by atoms with Gasteiger partial charge in [0.15, 0.2) is 17.4 Å². The Hall–Kier alpha value is -2.90. The zero-order valence-electron chi connectivity index (χ0n) is 17.3. The van der Waals surface area contributed by atoms with Crippen molar-refractivity contribution < 1.29 is 13.9 Å². The molecule has 4 rings (SSSR count). The molecule has 30 heavy (non-hydrogen) atoms. The minimum atomic E-state index is -0.487. The second kappa shape index (κ2) is 9.28. The van der Waals surface area contributed by atoms with Gasteiger partial charge in [-0.2, -0.15) is 0 Å². The zero-order chi connectivity index (χ0) is 20.9. The first-order valence-electron chi connectivity index (χ1n) is 10.6. The normalized spacial score (nSPS) is 17.7. The summed E-state index contributed by atoms with van der Waals surface area (Å²) in [5.74, 6) is 0.505. The molecule has 2 fully saturated rings. The molecule has 1 aromatic heterocycles. The lowest BCUT2D eigenvalue weighted by Crippen LogP contribution is -2.40. The Labute approximate surface area is 176 Å². The van der Waals surface area contributed by atoms with E-state index in [9.17, 15) is 9.18 Å². The third-order valence-electron chi connectivity index (χ3n) is 5.95. The Morgan fingerprint density at radius 1 is 1.13 bits per heavy atom. The van der Waals surface area contributed by atoms with E-state index in [2.05, 4.69) is 25.1 Å². The van der Waals surface area contributed by atoms with Crippen molar-refractivity contribution in [1.29, 1.82) is 0 Å². The molecule has 7 nitrogen and oxygen atoms in total. The molecule has 3 heterocycles. The van der Waals surface area contributed by atoms with Crippen LogP contribution in [0.15, 0.2) is 30.7 Å². The van der Waals surface area contributed by atoms with Gasteiger partial charge >= 0.3 is 0 Å². The number of methoxy groups -OCH3 is 1. The van der Waals surface area contributed by atoms with Gasteiger partial charge in [-0.15, -0.1) is 0 Å². The van der Waals surface area contributed by atoms with E-state index in [1.54, 1.807) is 12.4 Å². The van der Waals surface area contributed by atoms with Gasteiger partial charge in [0.2, 0.25) is 5.91 Å². The number of carbonyl (C=O) groups is 1. The van der Waals surface area contributed by atoms with E-state index < -0.39 is 5.82 Å². The number of benzene rings is 1. The van der Waals surface area contributed by atoms with Crippen LogP contribution in [-0.2, 0) is 4.79 Å². The Morgan fingerprint density at radius 2 is 1.90 bits per heavy atom. The topological polar surface area (TPSA) is 70.6 Å². The Balaban J connectivity index is 1.37. The van der Waals surface area contributed by atoms with Gasteiger partial charge in [0.05, 0.1) is 19.0 Å². The number of halogens is 1. The molecule has 0 atom stereocenters. The lowest BCUT2D eigenvalue weighted by atomic mass is 9.95. The summed E-state index contributed by atoms with van der Waals surface area (Å²) in [6.07, 6.45) is 8.63. The average Bonchev–Trinajstić information content (AvgIpc) is 2.80. The molecular weight excluding hydrogens is 385 g/mol. The van der Waals surface area contributed by atoms with Crippen LogP contribution in [0, 0.1) is 11.7 Å². The van der Waals surface area contributed by atoms with E-state index in [-0.39, 0.29) is 17.6 Å². The van der Waals surface area contributed by atoms with Crippen LogP contribution >= 0.6 is 0 Å². The summed E-state index contributed by atoms with van der Waals surface area (Å²) >= 11 is 0. The lowest BCUT2D eigenvalue weighted by molar-refractivity contribution is -0.120.